The maximum absolute atomic E-state index is 13.3. The summed E-state index contributed by atoms with van der Waals surface area (Å²) in [6.45, 7) is 2.56. The minimum absolute atomic E-state index is 0.0675. The van der Waals surface area contributed by atoms with Crippen LogP contribution in [0, 0.1) is 17.8 Å². The molecule has 1 unspecified atom stereocenters. The molecular weight excluding hydrogens is 444 g/mol. The van der Waals surface area contributed by atoms with Crippen molar-refractivity contribution < 1.29 is 24.5 Å². The number of piperidine rings is 1. The minimum atomic E-state index is -1.09. The van der Waals surface area contributed by atoms with Gasteiger partial charge in [-0.2, -0.15) is 0 Å². The molecule has 7 heteroatoms. The lowest BCUT2D eigenvalue weighted by molar-refractivity contribution is -0.141. The van der Waals surface area contributed by atoms with Gasteiger partial charge in [0, 0.05) is 50.2 Å². The van der Waals surface area contributed by atoms with Crippen molar-refractivity contribution in [3.8, 4) is 5.75 Å². The molecule has 4 N–H and O–H groups in total. The van der Waals surface area contributed by atoms with Crippen LogP contribution in [0.2, 0.25) is 0 Å². The number of benzene rings is 1. The number of unbranched alkanes of at least 4 members (excludes halogenated alkanes) is 1. The van der Waals surface area contributed by atoms with Crippen molar-refractivity contribution in [1.82, 2.24) is 4.90 Å². The second-order valence-electron chi connectivity index (χ2n) is 11.0. The largest absolute Gasteiger partial charge is 0.493 e. The summed E-state index contributed by atoms with van der Waals surface area (Å²) in [5.41, 5.74) is 5.74. The van der Waals surface area contributed by atoms with Crippen molar-refractivity contribution in [2.75, 3.05) is 33.4 Å². The monoisotopic (exact) mass is 488 g/mol. The summed E-state index contributed by atoms with van der Waals surface area (Å²) in [4.78, 5) is 15.2. The molecule has 1 aliphatic heterocycles. The van der Waals surface area contributed by atoms with Gasteiger partial charge >= 0.3 is 0 Å². The van der Waals surface area contributed by atoms with Crippen LogP contribution < -0.4 is 10.5 Å². The molecular formula is C28H44N2O5. The molecule has 1 aromatic carbocycles. The number of carbonyl (C=O) groups excluding carboxylic acids is 1. The Morgan fingerprint density at radius 3 is 2.66 bits per heavy atom. The molecule has 3 aliphatic rings. The molecule has 2 saturated carbocycles. The van der Waals surface area contributed by atoms with E-state index < -0.39 is 11.7 Å². The summed E-state index contributed by atoms with van der Waals surface area (Å²) >= 11 is 0. The molecule has 4 rings (SSSR count). The highest BCUT2D eigenvalue weighted by atomic mass is 16.5. The first-order chi connectivity index (χ1) is 16.9. The van der Waals surface area contributed by atoms with Crippen LogP contribution in [-0.2, 0) is 15.1 Å². The van der Waals surface area contributed by atoms with E-state index in [1.54, 1.807) is 7.11 Å². The van der Waals surface area contributed by atoms with Crippen LogP contribution >= 0.6 is 0 Å². The lowest BCUT2D eigenvalue weighted by Crippen LogP contribution is -2.49. The molecule has 1 heterocycles. The second kappa shape index (κ2) is 12.0. The van der Waals surface area contributed by atoms with Crippen molar-refractivity contribution in [3.05, 3.63) is 29.8 Å². The fraction of sp³-hybridized carbons (Fsp3) is 0.750. The van der Waals surface area contributed by atoms with Crippen LogP contribution in [0.1, 0.15) is 69.8 Å². The Balaban J connectivity index is 1.53. The fourth-order valence-corrected chi connectivity index (χ4v) is 6.09. The van der Waals surface area contributed by atoms with Crippen LogP contribution in [0.4, 0.5) is 0 Å². The van der Waals surface area contributed by atoms with Gasteiger partial charge in [-0.3, -0.25) is 4.79 Å². The molecule has 0 radical (unpaired) electrons. The zero-order valence-electron chi connectivity index (χ0n) is 21.2. The molecule has 5 atom stereocenters. The van der Waals surface area contributed by atoms with Crippen molar-refractivity contribution in [1.29, 1.82) is 0 Å². The maximum atomic E-state index is 13.3. The van der Waals surface area contributed by atoms with Crippen molar-refractivity contribution in [2.45, 2.75) is 82.0 Å². The third-order valence-corrected chi connectivity index (χ3v) is 8.54. The third kappa shape index (κ3) is 6.19. The first-order valence-electron chi connectivity index (χ1n) is 13.6. The number of rotatable bonds is 11. The maximum Gasteiger partial charge on any atom is 0.225 e. The number of hydrogen-bond donors (Lipinski definition) is 3. The number of hydrogen-bond acceptors (Lipinski definition) is 6. The average Bonchev–Trinajstić information content (AvgIpc) is 3.18. The summed E-state index contributed by atoms with van der Waals surface area (Å²) in [5.74, 6) is 1.12. The van der Waals surface area contributed by atoms with E-state index in [1.807, 2.05) is 29.2 Å². The number of likely N-dealkylation sites (tertiary alicyclic amines) is 1. The number of amides is 1. The van der Waals surface area contributed by atoms with Crippen LogP contribution in [0.25, 0.3) is 0 Å². The van der Waals surface area contributed by atoms with E-state index in [2.05, 4.69) is 0 Å². The smallest absolute Gasteiger partial charge is 0.225 e. The van der Waals surface area contributed by atoms with Gasteiger partial charge in [-0.1, -0.05) is 24.6 Å². The zero-order valence-corrected chi connectivity index (χ0v) is 21.2. The van der Waals surface area contributed by atoms with Crippen molar-refractivity contribution >= 4 is 5.91 Å². The Morgan fingerprint density at radius 2 is 1.97 bits per heavy atom. The van der Waals surface area contributed by atoms with Gasteiger partial charge in [0.2, 0.25) is 5.91 Å². The van der Waals surface area contributed by atoms with Crippen LogP contribution in [0.3, 0.4) is 0 Å². The summed E-state index contributed by atoms with van der Waals surface area (Å²) in [7, 11) is 1.70. The first-order valence-corrected chi connectivity index (χ1v) is 13.6. The Bertz CT molecular complexity index is 821. The summed E-state index contributed by atoms with van der Waals surface area (Å²) < 4.78 is 11.5. The summed E-state index contributed by atoms with van der Waals surface area (Å²) in [6, 6.07) is 7.58. The number of nitrogens with two attached hydrogens (primary N) is 1. The van der Waals surface area contributed by atoms with Crippen molar-refractivity contribution in [2.24, 2.45) is 23.5 Å². The van der Waals surface area contributed by atoms with Gasteiger partial charge in [-0.05, 0) is 69.8 Å². The zero-order chi connectivity index (χ0) is 24.8. The van der Waals surface area contributed by atoms with Gasteiger partial charge in [-0.15, -0.1) is 0 Å². The number of aliphatic hydroxyl groups is 2. The van der Waals surface area contributed by atoms with Gasteiger partial charge in [-0.25, -0.2) is 0 Å². The Labute approximate surface area is 210 Å². The predicted octanol–water partition coefficient (Wildman–Crippen LogP) is 3.21. The first kappa shape index (κ1) is 26.4. The Hall–Kier alpha value is -1.67. The Kier molecular flexibility index (Phi) is 9.08. The van der Waals surface area contributed by atoms with E-state index in [4.69, 9.17) is 15.2 Å². The van der Waals surface area contributed by atoms with E-state index in [0.717, 1.165) is 37.0 Å². The number of para-hydroxylation sites is 1. The van der Waals surface area contributed by atoms with Gasteiger partial charge in [0.15, 0.2) is 0 Å². The lowest BCUT2D eigenvalue weighted by atomic mass is 9.73. The van der Waals surface area contributed by atoms with E-state index in [1.165, 1.54) is 19.3 Å². The predicted molar refractivity (Wildman–Crippen MR) is 135 cm³/mol. The molecule has 1 amide bonds. The Morgan fingerprint density at radius 1 is 1.17 bits per heavy atom. The average molecular weight is 489 g/mol. The number of aliphatic hydroxyl groups excluding tert-OH is 1. The molecule has 0 aromatic heterocycles. The van der Waals surface area contributed by atoms with E-state index in [0.29, 0.717) is 51.5 Å². The normalized spacial score (nSPS) is 29.0. The highest BCUT2D eigenvalue weighted by Crippen LogP contribution is 2.44. The minimum Gasteiger partial charge on any atom is -0.493 e. The van der Waals surface area contributed by atoms with E-state index in [9.17, 15) is 15.0 Å². The molecule has 7 nitrogen and oxygen atoms in total. The molecule has 1 saturated heterocycles. The molecule has 35 heavy (non-hydrogen) atoms. The fourth-order valence-electron chi connectivity index (χ4n) is 6.09. The highest BCUT2D eigenvalue weighted by molar-refractivity contribution is 5.79. The summed E-state index contributed by atoms with van der Waals surface area (Å²) in [5, 5.41) is 22.4. The number of methoxy groups -OCH3 is 1. The molecule has 1 aromatic rings. The van der Waals surface area contributed by atoms with Crippen molar-refractivity contribution in [3.63, 3.8) is 0 Å². The third-order valence-electron chi connectivity index (χ3n) is 8.54. The van der Waals surface area contributed by atoms with Gasteiger partial charge < -0.3 is 30.3 Å². The highest BCUT2D eigenvalue weighted by Gasteiger charge is 2.44. The SMILES string of the molecule is COCCCCC(O)(c1ccccc1OCC1CCC1)[C@@H]1CCCN(C(=O)[C@H]2C[C@@H](N)[C@@H](O)C2)C1. The molecule has 2 aliphatic carbocycles. The molecule has 0 spiro atoms. The second-order valence-corrected chi connectivity index (χ2v) is 11.0. The quantitative estimate of drug-likeness (QED) is 0.413. The van der Waals surface area contributed by atoms with Gasteiger partial charge in [0.05, 0.1) is 18.3 Å². The molecule has 196 valence electrons. The van der Waals surface area contributed by atoms with Crippen LogP contribution in [-0.4, -0.2) is 66.6 Å². The van der Waals surface area contributed by atoms with Gasteiger partial charge in [0.1, 0.15) is 5.75 Å². The molecule has 0 bridgehead atoms. The van der Waals surface area contributed by atoms with Crippen LogP contribution in [0.15, 0.2) is 24.3 Å². The topological polar surface area (TPSA) is 105 Å². The molecule has 3 fully saturated rings. The standard InChI is InChI=1S/C28H44N2O5/c1-34-15-5-4-13-28(33,23-11-2-3-12-26(23)35-19-20-8-6-9-20)22-10-7-14-30(18-22)27(32)21-16-24(29)25(31)17-21/h2-3,11-12,20-22,24-25,31,33H,4-10,13-19,29H2,1H3/t21-,22+,24+,25-,28?/m0/s1. The van der Waals surface area contributed by atoms with Crippen LogP contribution in [0.5, 0.6) is 5.75 Å². The van der Waals surface area contributed by atoms with E-state index in [-0.39, 0.29) is 23.8 Å². The summed E-state index contributed by atoms with van der Waals surface area (Å²) in [6.07, 6.45) is 8.05. The van der Waals surface area contributed by atoms with Gasteiger partial charge in [0.25, 0.3) is 0 Å². The lowest BCUT2D eigenvalue weighted by Gasteiger charge is -2.44. The van der Waals surface area contributed by atoms with E-state index >= 15 is 0 Å². The number of ether oxygens (including phenoxy) is 2. The number of carbonyl (C=O) groups is 1. The number of nitrogens with zero attached hydrogens (tertiary/aromatic N) is 1.